The first kappa shape index (κ1) is 12.1. The smallest absolute Gasteiger partial charge is 0.203 e. The summed E-state index contributed by atoms with van der Waals surface area (Å²) in [6.45, 7) is 0. The number of hydrogen-bond acceptors (Lipinski definition) is 5. The van der Waals surface area contributed by atoms with Crippen LogP contribution in [-0.2, 0) is 0 Å². The summed E-state index contributed by atoms with van der Waals surface area (Å²) in [5.74, 6) is 0. The van der Waals surface area contributed by atoms with Gasteiger partial charge in [0.25, 0.3) is 0 Å². The molecule has 0 saturated heterocycles. The molecular formula is C14H11N3S2. The van der Waals surface area contributed by atoms with Crippen LogP contribution in [0.15, 0.2) is 58.3 Å². The zero-order valence-corrected chi connectivity index (χ0v) is 11.6. The molecule has 3 rings (SSSR count). The fraction of sp³-hybridized carbons (Fsp3) is 0. The van der Waals surface area contributed by atoms with Gasteiger partial charge in [0.05, 0.1) is 11.9 Å². The van der Waals surface area contributed by atoms with Crippen LogP contribution < -0.4 is 5.43 Å². The molecule has 5 heteroatoms. The van der Waals surface area contributed by atoms with Crippen LogP contribution in [0.2, 0.25) is 0 Å². The quantitative estimate of drug-likeness (QED) is 0.572. The third-order valence-corrected chi connectivity index (χ3v) is 4.02. The van der Waals surface area contributed by atoms with E-state index in [2.05, 4.69) is 15.5 Å². The molecule has 0 aliphatic rings. The zero-order valence-electron chi connectivity index (χ0n) is 9.98. The standard InChI is InChI=1S/C14H11N3S2/c1-2-5-11(6-3-1)13-10-19-14(16-13)17-15-9-12-7-4-8-18-12/h1-10H,(H,16,17). The highest BCUT2D eigenvalue weighted by Crippen LogP contribution is 2.24. The van der Waals surface area contributed by atoms with Crippen LogP contribution in [0.5, 0.6) is 0 Å². The zero-order chi connectivity index (χ0) is 12.9. The van der Waals surface area contributed by atoms with Crippen molar-refractivity contribution in [2.45, 2.75) is 0 Å². The number of aromatic nitrogens is 1. The Bertz CT molecular complexity index is 657. The molecule has 0 bridgehead atoms. The second-order valence-corrected chi connectivity index (χ2v) is 5.63. The van der Waals surface area contributed by atoms with Crippen LogP contribution in [-0.4, -0.2) is 11.2 Å². The normalized spacial score (nSPS) is 10.9. The van der Waals surface area contributed by atoms with Crippen molar-refractivity contribution in [1.82, 2.24) is 4.98 Å². The van der Waals surface area contributed by atoms with Gasteiger partial charge in [-0.15, -0.1) is 22.7 Å². The summed E-state index contributed by atoms with van der Waals surface area (Å²) >= 11 is 3.20. The Hall–Kier alpha value is -1.98. The molecule has 0 aliphatic heterocycles. The van der Waals surface area contributed by atoms with Crippen molar-refractivity contribution in [3.8, 4) is 11.3 Å². The van der Waals surface area contributed by atoms with E-state index in [1.165, 1.54) is 0 Å². The molecule has 0 aliphatic carbocycles. The van der Waals surface area contributed by atoms with Crippen molar-refractivity contribution in [2.24, 2.45) is 5.10 Å². The highest BCUT2D eigenvalue weighted by atomic mass is 32.1. The topological polar surface area (TPSA) is 37.3 Å². The minimum absolute atomic E-state index is 0.798. The Morgan fingerprint density at radius 2 is 1.95 bits per heavy atom. The molecule has 2 heterocycles. The van der Waals surface area contributed by atoms with Gasteiger partial charge in [-0.2, -0.15) is 5.10 Å². The van der Waals surface area contributed by atoms with E-state index in [4.69, 9.17) is 0 Å². The minimum Gasteiger partial charge on any atom is -0.253 e. The van der Waals surface area contributed by atoms with Gasteiger partial charge >= 0.3 is 0 Å². The second kappa shape index (κ2) is 5.77. The number of nitrogens with one attached hydrogen (secondary N) is 1. The third kappa shape index (κ3) is 3.07. The van der Waals surface area contributed by atoms with Gasteiger partial charge < -0.3 is 0 Å². The summed E-state index contributed by atoms with van der Waals surface area (Å²) in [7, 11) is 0. The van der Waals surface area contributed by atoms with E-state index >= 15 is 0 Å². The van der Waals surface area contributed by atoms with Gasteiger partial charge in [-0.1, -0.05) is 36.4 Å². The molecule has 3 nitrogen and oxygen atoms in total. The molecule has 0 fully saturated rings. The van der Waals surface area contributed by atoms with Gasteiger partial charge in [0.2, 0.25) is 5.13 Å². The lowest BCUT2D eigenvalue weighted by Gasteiger charge is -1.94. The van der Waals surface area contributed by atoms with Gasteiger partial charge in [-0.25, -0.2) is 4.98 Å². The Kier molecular flexibility index (Phi) is 3.67. The lowest BCUT2D eigenvalue weighted by atomic mass is 10.2. The Labute approximate surface area is 119 Å². The first-order chi connectivity index (χ1) is 9.42. The first-order valence-electron chi connectivity index (χ1n) is 5.75. The highest BCUT2D eigenvalue weighted by molar-refractivity contribution is 7.14. The fourth-order valence-electron chi connectivity index (χ4n) is 1.58. The number of anilines is 1. The van der Waals surface area contributed by atoms with Crippen LogP contribution in [0.3, 0.4) is 0 Å². The Balaban J connectivity index is 1.69. The minimum atomic E-state index is 0.798. The molecule has 0 saturated carbocycles. The van der Waals surface area contributed by atoms with Crippen LogP contribution in [0, 0.1) is 0 Å². The fourth-order valence-corrected chi connectivity index (χ4v) is 2.84. The Morgan fingerprint density at radius 3 is 2.74 bits per heavy atom. The van der Waals surface area contributed by atoms with E-state index in [0.717, 1.165) is 21.3 Å². The second-order valence-electron chi connectivity index (χ2n) is 3.79. The molecule has 0 unspecified atom stereocenters. The molecule has 1 aromatic carbocycles. The van der Waals surface area contributed by atoms with E-state index in [1.807, 2.05) is 53.2 Å². The number of thiophene rings is 1. The summed E-state index contributed by atoms with van der Waals surface area (Å²) in [4.78, 5) is 5.61. The lowest BCUT2D eigenvalue weighted by molar-refractivity contribution is 1.29. The van der Waals surface area contributed by atoms with Crippen molar-refractivity contribution >= 4 is 34.0 Å². The summed E-state index contributed by atoms with van der Waals surface area (Å²) in [6.07, 6.45) is 1.80. The number of benzene rings is 1. The first-order valence-corrected chi connectivity index (χ1v) is 7.51. The van der Waals surface area contributed by atoms with E-state index in [1.54, 1.807) is 28.9 Å². The van der Waals surface area contributed by atoms with Crippen molar-refractivity contribution in [2.75, 3.05) is 5.43 Å². The predicted molar refractivity (Wildman–Crippen MR) is 83.1 cm³/mol. The molecule has 1 N–H and O–H groups in total. The van der Waals surface area contributed by atoms with Crippen molar-refractivity contribution in [3.05, 3.63) is 58.1 Å². The maximum Gasteiger partial charge on any atom is 0.203 e. The molecular weight excluding hydrogens is 274 g/mol. The van der Waals surface area contributed by atoms with Crippen LogP contribution in [0.1, 0.15) is 4.88 Å². The third-order valence-electron chi connectivity index (χ3n) is 2.47. The van der Waals surface area contributed by atoms with Gasteiger partial charge in [-0.05, 0) is 11.4 Å². The summed E-state index contributed by atoms with van der Waals surface area (Å²) in [5, 5.41) is 9.02. The lowest BCUT2D eigenvalue weighted by Crippen LogP contribution is -1.88. The maximum absolute atomic E-state index is 4.50. The molecule has 2 aromatic heterocycles. The largest absolute Gasteiger partial charge is 0.253 e. The molecule has 0 atom stereocenters. The molecule has 94 valence electrons. The summed E-state index contributed by atoms with van der Waals surface area (Å²) in [6, 6.07) is 14.1. The van der Waals surface area contributed by atoms with E-state index in [-0.39, 0.29) is 0 Å². The summed E-state index contributed by atoms with van der Waals surface area (Å²) in [5.41, 5.74) is 5.05. The Morgan fingerprint density at radius 1 is 1.05 bits per heavy atom. The number of thiazole rings is 1. The number of hydrazone groups is 1. The maximum atomic E-state index is 4.50. The number of rotatable bonds is 4. The number of nitrogens with zero attached hydrogens (tertiary/aromatic N) is 2. The van der Waals surface area contributed by atoms with E-state index in [9.17, 15) is 0 Å². The average molecular weight is 285 g/mol. The van der Waals surface area contributed by atoms with Gasteiger partial charge in [-0.3, -0.25) is 5.43 Å². The van der Waals surface area contributed by atoms with Crippen LogP contribution in [0.25, 0.3) is 11.3 Å². The highest BCUT2D eigenvalue weighted by Gasteiger charge is 2.02. The van der Waals surface area contributed by atoms with Gasteiger partial charge in [0, 0.05) is 15.8 Å². The average Bonchev–Trinajstić information content (AvgIpc) is 3.11. The van der Waals surface area contributed by atoms with Gasteiger partial charge in [0.15, 0.2) is 0 Å². The molecule has 0 amide bonds. The van der Waals surface area contributed by atoms with Crippen LogP contribution in [0.4, 0.5) is 5.13 Å². The SMILES string of the molecule is C(=NNc1nc(-c2ccccc2)cs1)c1cccs1. The molecule has 0 spiro atoms. The van der Waals surface area contributed by atoms with Crippen molar-refractivity contribution in [3.63, 3.8) is 0 Å². The molecule has 19 heavy (non-hydrogen) atoms. The number of hydrogen-bond donors (Lipinski definition) is 1. The molecule has 0 radical (unpaired) electrons. The summed E-state index contributed by atoms with van der Waals surface area (Å²) < 4.78 is 0. The van der Waals surface area contributed by atoms with Crippen molar-refractivity contribution in [1.29, 1.82) is 0 Å². The van der Waals surface area contributed by atoms with Gasteiger partial charge in [0.1, 0.15) is 0 Å². The van der Waals surface area contributed by atoms with E-state index < -0.39 is 0 Å². The predicted octanol–water partition coefficient (Wildman–Crippen LogP) is 4.32. The van der Waals surface area contributed by atoms with Crippen LogP contribution >= 0.6 is 22.7 Å². The monoisotopic (exact) mass is 285 g/mol. The van der Waals surface area contributed by atoms with E-state index in [0.29, 0.717) is 0 Å². The van der Waals surface area contributed by atoms with Crippen molar-refractivity contribution < 1.29 is 0 Å². The molecule has 3 aromatic rings.